The summed E-state index contributed by atoms with van der Waals surface area (Å²) in [5, 5.41) is 21.9. The van der Waals surface area contributed by atoms with Crippen LogP contribution in [0.3, 0.4) is 0 Å². The lowest BCUT2D eigenvalue weighted by Gasteiger charge is -2.40. The fourth-order valence-electron chi connectivity index (χ4n) is 3.53. The molecule has 0 radical (unpaired) electrons. The van der Waals surface area contributed by atoms with Crippen molar-refractivity contribution in [3.8, 4) is 5.75 Å². The number of rotatable bonds is 6. The normalized spacial score (nSPS) is 16.9. The van der Waals surface area contributed by atoms with Crippen LogP contribution in [0.2, 0.25) is 0 Å². The summed E-state index contributed by atoms with van der Waals surface area (Å²) in [6.45, 7) is 4.68. The van der Waals surface area contributed by atoms with E-state index < -0.39 is 47.3 Å². The van der Waals surface area contributed by atoms with Gasteiger partial charge in [0.15, 0.2) is 5.60 Å². The van der Waals surface area contributed by atoms with E-state index in [1.165, 1.54) is 13.0 Å². The molecule has 2 atom stereocenters. The van der Waals surface area contributed by atoms with Crippen LogP contribution in [0.5, 0.6) is 5.75 Å². The minimum atomic E-state index is -5.20. The van der Waals surface area contributed by atoms with Crippen LogP contribution < -0.4 is 5.43 Å². The number of carbonyl (C=O) groups is 1. The number of amides is 1. The summed E-state index contributed by atoms with van der Waals surface area (Å²) in [4.78, 5) is 12.7. The van der Waals surface area contributed by atoms with Crippen LogP contribution in [0.4, 0.5) is 17.6 Å². The Bertz CT molecular complexity index is 992. The molecule has 9 heteroatoms. The Labute approximate surface area is 170 Å². The molecule has 1 aliphatic heterocycles. The van der Waals surface area contributed by atoms with Gasteiger partial charge in [-0.2, -0.15) is 13.2 Å². The standard InChI is InChI=1S/C21H20F4N2O3/c1-12(2)10-20(30,21(23,24)25)18(16-9-14(22)7-8-17(16)28)26-27-11-13-5-3-4-6-15(13)19(27)29/h3-9,18,26,28,30H,1,10-11H2,2H3. The Hall–Kier alpha value is -2.91. The first-order chi connectivity index (χ1) is 13.9. The molecule has 3 rings (SSSR count). The molecule has 0 spiro atoms. The summed E-state index contributed by atoms with van der Waals surface area (Å²) >= 11 is 0. The summed E-state index contributed by atoms with van der Waals surface area (Å²) in [6, 6.07) is 6.82. The molecule has 3 N–H and O–H groups in total. The van der Waals surface area contributed by atoms with Crippen molar-refractivity contribution in [2.45, 2.75) is 37.7 Å². The Balaban J connectivity index is 2.10. The number of hydrogen-bond donors (Lipinski definition) is 3. The van der Waals surface area contributed by atoms with Crippen molar-refractivity contribution in [3.63, 3.8) is 0 Å². The van der Waals surface area contributed by atoms with E-state index in [0.29, 0.717) is 17.2 Å². The maximum Gasteiger partial charge on any atom is 0.419 e. The Morgan fingerprint density at radius 2 is 1.93 bits per heavy atom. The van der Waals surface area contributed by atoms with E-state index in [1.54, 1.807) is 18.2 Å². The van der Waals surface area contributed by atoms with Gasteiger partial charge in [-0.3, -0.25) is 9.80 Å². The minimum absolute atomic E-state index is 0.00792. The second-order valence-corrected chi connectivity index (χ2v) is 7.37. The summed E-state index contributed by atoms with van der Waals surface area (Å²) in [7, 11) is 0. The van der Waals surface area contributed by atoms with E-state index in [0.717, 1.165) is 17.1 Å². The molecule has 0 fully saturated rings. The fraction of sp³-hybridized carbons (Fsp3) is 0.286. The van der Waals surface area contributed by atoms with E-state index in [4.69, 9.17) is 0 Å². The van der Waals surface area contributed by atoms with Gasteiger partial charge in [0.1, 0.15) is 11.6 Å². The maximum atomic E-state index is 14.1. The second-order valence-electron chi connectivity index (χ2n) is 7.37. The molecule has 0 aliphatic carbocycles. The first kappa shape index (κ1) is 21.8. The number of carbonyl (C=O) groups excluding carboxylic acids is 1. The number of fused-ring (bicyclic) bond motifs is 1. The van der Waals surface area contributed by atoms with E-state index in [9.17, 15) is 32.6 Å². The molecule has 0 saturated heterocycles. The molecule has 2 aromatic carbocycles. The predicted octanol–water partition coefficient (Wildman–Crippen LogP) is 3.99. The molecule has 1 aliphatic rings. The average Bonchev–Trinajstić information content (AvgIpc) is 2.96. The maximum absolute atomic E-state index is 14.1. The van der Waals surface area contributed by atoms with Gasteiger partial charge in [-0.1, -0.05) is 23.8 Å². The van der Waals surface area contributed by atoms with Crippen LogP contribution in [0.15, 0.2) is 54.6 Å². The SMILES string of the molecule is C=C(C)CC(O)(C(NN1Cc2ccccc2C1=O)c1cc(F)ccc1O)C(F)(F)F. The van der Waals surface area contributed by atoms with Crippen LogP contribution in [0.25, 0.3) is 0 Å². The summed E-state index contributed by atoms with van der Waals surface area (Å²) in [5.41, 5.74) is -0.755. The number of halogens is 4. The Morgan fingerprint density at radius 3 is 2.53 bits per heavy atom. The number of nitrogens with zero attached hydrogens (tertiary/aromatic N) is 1. The van der Waals surface area contributed by atoms with Gasteiger partial charge >= 0.3 is 6.18 Å². The van der Waals surface area contributed by atoms with Gasteiger partial charge in [0.25, 0.3) is 5.91 Å². The highest BCUT2D eigenvalue weighted by Crippen LogP contribution is 2.46. The van der Waals surface area contributed by atoms with E-state index in [1.807, 2.05) is 0 Å². The highest BCUT2D eigenvalue weighted by atomic mass is 19.4. The molecule has 5 nitrogen and oxygen atoms in total. The van der Waals surface area contributed by atoms with Gasteiger partial charge in [0.05, 0.1) is 12.6 Å². The molecule has 0 aromatic heterocycles. The number of phenols is 1. The van der Waals surface area contributed by atoms with Crippen molar-refractivity contribution >= 4 is 5.91 Å². The van der Waals surface area contributed by atoms with Crippen LogP contribution in [-0.4, -0.2) is 32.9 Å². The quantitative estimate of drug-likeness (QED) is 0.484. The highest BCUT2D eigenvalue weighted by Gasteiger charge is 2.60. The van der Waals surface area contributed by atoms with Gasteiger partial charge in [-0.15, -0.1) is 6.58 Å². The van der Waals surface area contributed by atoms with E-state index in [2.05, 4.69) is 12.0 Å². The number of aliphatic hydroxyl groups is 1. The smallest absolute Gasteiger partial charge is 0.419 e. The summed E-state index contributed by atoms with van der Waals surface area (Å²) in [6.07, 6.45) is -6.13. The molecule has 1 amide bonds. The van der Waals surface area contributed by atoms with Crippen LogP contribution >= 0.6 is 0 Å². The molecular weight excluding hydrogens is 404 g/mol. The van der Waals surface area contributed by atoms with Crippen LogP contribution in [0.1, 0.15) is 40.9 Å². The van der Waals surface area contributed by atoms with Gasteiger partial charge in [0.2, 0.25) is 0 Å². The largest absolute Gasteiger partial charge is 0.508 e. The molecule has 160 valence electrons. The van der Waals surface area contributed by atoms with Gasteiger partial charge in [-0.25, -0.2) is 9.82 Å². The lowest BCUT2D eigenvalue weighted by molar-refractivity contribution is -0.275. The average molecular weight is 424 g/mol. The Morgan fingerprint density at radius 1 is 1.27 bits per heavy atom. The third-order valence-corrected chi connectivity index (χ3v) is 4.95. The first-order valence-electron chi connectivity index (χ1n) is 9.02. The van der Waals surface area contributed by atoms with Crippen molar-refractivity contribution in [2.24, 2.45) is 0 Å². The lowest BCUT2D eigenvalue weighted by Crippen LogP contribution is -2.58. The zero-order valence-electron chi connectivity index (χ0n) is 16.0. The predicted molar refractivity (Wildman–Crippen MR) is 101 cm³/mol. The van der Waals surface area contributed by atoms with Crippen molar-refractivity contribution in [1.29, 1.82) is 0 Å². The molecule has 0 saturated carbocycles. The first-order valence-corrected chi connectivity index (χ1v) is 9.02. The fourth-order valence-corrected chi connectivity index (χ4v) is 3.53. The summed E-state index contributed by atoms with van der Waals surface area (Å²) in [5.74, 6) is -2.18. The number of aromatic hydroxyl groups is 1. The number of benzene rings is 2. The van der Waals surface area contributed by atoms with Crippen molar-refractivity contribution in [1.82, 2.24) is 10.4 Å². The zero-order valence-corrected chi connectivity index (χ0v) is 16.0. The molecule has 1 heterocycles. The van der Waals surface area contributed by atoms with Crippen molar-refractivity contribution in [2.75, 3.05) is 0 Å². The molecule has 2 aromatic rings. The minimum Gasteiger partial charge on any atom is -0.508 e. The van der Waals surface area contributed by atoms with E-state index in [-0.39, 0.29) is 12.1 Å². The lowest BCUT2D eigenvalue weighted by atomic mass is 9.83. The second kappa shape index (κ2) is 7.73. The molecule has 0 bridgehead atoms. The van der Waals surface area contributed by atoms with Gasteiger partial charge in [0, 0.05) is 17.5 Å². The van der Waals surface area contributed by atoms with E-state index >= 15 is 0 Å². The third-order valence-electron chi connectivity index (χ3n) is 4.95. The van der Waals surface area contributed by atoms with Gasteiger partial charge in [-0.05, 0) is 36.8 Å². The molecule has 30 heavy (non-hydrogen) atoms. The number of nitrogens with one attached hydrogen (secondary N) is 1. The molecular formula is C21H20F4N2O3. The van der Waals surface area contributed by atoms with Crippen LogP contribution in [-0.2, 0) is 6.54 Å². The number of hydrazine groups is 1. The van der Waals surface area contributed by atoms with Crippen LogP contribution in [0, 0.1) is 5.82 Å². The Kier molecular flexibility index (Phi) is 5.62. The molecule has 2 unspecified atom stereocenters. The van der Waals surface area contributed by atoms with Gasteiger partial charge < -0.3 is 10.2 Å². The summed E-state index contributed by atoms with van der Waals surface area (Å²) < 4.78 is 56.0. The third kappa shape index (κ3) is 3.90. The zero-order chi connectivity index (χ0) is 22.3. The van der Waals surface area contributed by atoms with Crippen molar-refractivity contribution < 1.29 is 32.6 Å². The van der Waals surface area contributed by atoms with Crippen molar-refractivity contribution in [3.05, 3.63) is 77.1 Å². The highest BCUT2D eigenvalue weighted by molar-refractivity contribution is 5.98. The topological polar surface area (TPSA) is 72.8 Å². The monoisotopic (exact) mass is 424 g/mol. The number of hydrogen-bond acceptors (Lipinski definition) is 4. The number of alkyl halides is 3. The number of phenolic OH excluding ortho intramolecular Hbond substituents is 1.